The van der Waals surface area contributed by atoms with E-state index in [1.54, 1.807) is 35.2 Å². The minimum absolute atomic E-state index is 0.0159. The lowest BCUT2D eigenvalue weighted by molar-refractivity contribution is -0.128. The largest absolute Gasteiger partial charge is 0.490 e. The van der Waals surface area contributed by atoms with Crippen LogP contribution in [0.3, 0.4) is 0 Å². The second-order valence-corrected chi connectivity index (χ2v) is 6.27. The highest BCUT2D eigenvalue weighted by molar-refractivity contribution is 5.97. The van der Waals surface area contributed by atoms with Crippen molar-refractivity contribution >= 4 is 17.5 Å². The van der Waals surface area contributed by atoms with Crippen LogP contribution < -0.4 is 10.1 Å². The standard InChI is InChI=1S/C21H22N2O3/c1-2-12-26-19-10-8-18(9-11-19)22-21(25)17-13-20(24)23(15-17)14-16-6-4-3-5-7-16/h2-11,17H,1,12-15H2,(H,22,25). The number of carbonyl (C=O) groups excluding carboxylic acids is 2. The Bertz CT molecular complexity index is 772. The molecule has 1 N–H and O–H groups in total. The van der Waals surface area contributed by atoms with Gasteiger partial charge < -0.3 is 15.0 Å². The number of nitrogens with one attached hydrogen (secondary N) is 1. The van der Waals surface area contributed by atoms with Gasteiger partial charge in [-0.2, -0.15) is 0 Å². The number of carbonyl (C=O) groups is 2. The Morgan fingerprint density at radius 3 is 2.62 bits per heavy atom. The predicted molar refractivity (Wildman–Crippen MR) is 101 cm³/mol. The molecule has 0 aromatic heterocycles. The van der Waals surface area contributed by atoms with E-state index in [1.807, 2.05) is 30.3 Å². The molecular formula is C21H22N2O3. The van der Waals surface area contributed by atoms with Crippen molar-refractivity contribution in [1.29, 1.82) is 0 Å². The molecule has 1 heterocycles. The number of anilines is 1. The van der Waals surface area contributed by atoms with Crippen LogP contribution in [0.5, 0.6) is 5.75 Å². The van der Waals surface area contributed by atoms with Gasteiger partial charge in [0, 0.05) is 25.2 Å². The monoisotopic (exact) mass is 350 g/mol. The maximum Gasteiger partial charge on any atom is 0.229 e. The first-order valence-corrected chi connectivity index (χ1v) is 8.62. The number of ether oxygens (including phenoxy) is 1. The van der Waals surface area contributed by atoms with Crippen molar-refractivity contribution in [3.05, 3.63) is 72.8 Å². The Hall–Kier alpha value is -3.08. The summed E-state index contributed by atoms with van der Waals surface area (Å²) >= 11 is 0. The van der Waals surface area contributed by atoms with Crippen molar-refractivity contribution in [3.8, 4) is 5.75 Å². The molecule has 1 atom stereocenters. The van der Waals surface area contributed by atoms with Crippen LogP contribution in [0.2, 0.25) is 0 Å². The number of hydrogen-bond donors (Lipinski definition) is 1. The van der Waals surface area contributed by atoms with Gasteiger partial charge in [0.25, 0.3) is 0 Å². The van der Waals surface area contributed by atoms with Gasteiger partial charge >= 0.3 is 0 Å². The van der Waals surface area contributed by atoms with Gasteiger partial charge in [-0.25, -0.2) is 0 Å². The fourth-order valence-electron chi connectivity index (χ4n) is 2.94. The molecule has 2 aromatic rings. The summed E-state index contributed by atoms with van der Waals surface area (Å²) in [5.41, 5.74) is 1.76. The summed E-state index contributed by atoms with van der Waals surface area (Å²) in [5, 5.41) is 2.88. The number of benzene rings is 2. The molecular weight excluding hydrogens is 328 g/mol. The molecule has 0 radical (unpaired) electrons. The number of hydrogen-bond acceptors (Lipinski definition) is 3. The van der Waals surface area contributed by atoms with Gasteiger partial charge in [0.2, 0.25) is 11.8 Å². The number of amides is 2. The van der Waals surface area contributed by atoms with Gasteiger partial charge in [0.1, 0.15) is 12.4 Å². The average molecular weight is 350 g/mol. The zero-order valence-electron chi connectivity index (χ0n) is 14.6. The fourth-order valence-corrected chi connectivity index (χ4v) is 2.94. The molecule has 0 spiro atoms. The molecule has 2 amide bonds. The van der Waals surface area contributed by atoms with E-state index in [4.69, 9.17) is 4.74 Å². The van der Waals surface area contributed by atoms with Crippen LogP contribution in [0.15, 0.2) is 67.3 Å². The number of nitrogens with zero attached hydrogens (tertiary/aromatic N) is 1. The second kappa shape index (κ2) is 8.34. The molecule has 0 saturated carbocycles. The van der Waals surface area contributed by atoms with Crippen LogP contribution in [0, 0.1) is 5.92 Å². The normalized spacial score (nSPS) is 16.4. The van der Waals surface area contributed by atoms with Crippen molar-refractivity contribution in [2.75, 3.05) is 18.5 Å². The number of likely N-dealkylation sites (tertiary alicyclic amines) is 1. The van der Waals surface area contributed by atoms with Crippen molar-refractivity contribution in [2.24, 2.45) is 5.92 Å². The molecule has 1 unspecified atom stereocenters. The molecule has 1 aliphatic heterocycles. The van der Waals surface area contributed by atoms with Gasteiger partial charge in [-0.1, -0.05) is 43.0 Å². The van der Waals surface area contributed by atoms with Crippen LogP contribution in [0.1, 0.15) is 12.0 Å². The summed E-state index contributed by atoms with van der Waals surface area (Å²) in [5.74, 6) is 0.270. The topological polar surface area (TPSA) is 58.6 Å². The summed E-state index contributed by atoms with van der Waals surface area (Å²) in [6, 6.07) is 17.0. The molecule has 1 saturated heterocycles. The smallest absolute Gasteiger partial charge is 0.229 e. The molecule has 26 heavy (non-hydrogen) atoms. The zero-order valence-corrected chi connectivity index (χ0v) is 14.6. The summed E-state index contributed by atoms with van der Waals surface area (Å²) in [6.07, 6.45) is 1.92. The van der Waals surface area contributed by atoms with Gasteiger partial charge in [-0.3, -0.25) is 9.59 Å². The van der Waals surface area contributed by atoms with Crippen molar-refractivity contribution in [1.82, 2.24) is 4.90 Å². The maximum absolute atomic E-state index is 12.5. The molecule has 3 rings (SSSR count). The van der Waals surface area contributed by atoms with E-state index < -0.39 is 0 Å². The van der Waals surface area contributed by atoms with Crippen molar-refractivity contribution in [2.45, 2.75) is 13.0 Å². The first-order valence-electron chi connectivity index (χ1n) is 8.62. The fraction of sp³-hybridized carbons (Fsp3) is 0.238. The Balaban J connectivity index is 1.55. The third-order valence-corrected chi connectivity index (χ3v) is 4.29. The molecule has 5 heteroatoms. The minimum Gasteiger partial charge on any atom is -0.490 e. The van der Waals surface area contributed by atoms with E-state index in [-0.39, 0.29) is 24.2 Å². The van der Waals surface area contributed by atoms with E-state index in [0.29, 0.717) is 31.1 Å². The molecule has 134 valence electrons. The third kappa shape index (κ3) is 4.51. The molecule has 2 aromatic carbocycles. The SMILES string of the molecule is C=CCOc1ccc(NC(=O)C2CC(=O)N(Cc3ccccc3)C2)cc1. The average Bonchev–Trinajstić information content (AvgIpc) is 3.03. The van der Waals surface area contributed by atoms with E-state index in [2.05, 4.69) is 11.9 Å². The van der Waals surface area contributed by atoms with Crippen molar-refractivity contribution in [3.63, 3.8) is 0 Å². The van der Waals surface area contributed by atoms with Gasteiger partial charge in [0.15, 0.2) is 0 Å². The summed E-state index contributed by atoms with van der Waals surface area (Å²) in [4.78, 5) is 26.4. The Morgan fingerprint density at radius 1 is 1.19 bits per heavy atom. The lowest BCUT2D eigenvalue weighted by Gasteiger charge is -2.16. The van der Waals surface area contributed by atoms with E-state index >= 15 is 0 Å². The third-order valence-electron chi connectivity index (χ3n) is 4.29. The van der Waals surface area contributed by atoms with Crippen LogP contribution in [0.4, 0.5) is 5.69 Å². The molecule has 0 bridgehead atoms. The van der Waals surface area contributed by atoms with Gasteiger partial charge in [-0.05, 0) is 29.8 Å². The van der Waals surface area contributed by atoms with E-state index in [9.17, 15) is 9.59 Å². The highest BCUT2D eigenvalue weighted by atomic mass is 16.5. The van der Waals surface area contributed by atoms with E-state index in [1.165, 1.54) is 0 Å². The molecule has 5 nitrogen and oxygen atoms in total. The van der Waals surface area contributed by atoms with Crippen LogP contribution in [0.25, 0.3) is 0 Å². The first-order chi connectivity index (χ1) is 12.7. The quantitative estimate of drug-likeness (QED) is 0.780. The van der Waals surface area contributed by atoms with Gasteiger partial charge in [0.05, 0.1) is 5.92 Å². The van der Waals surface area contributed by atoms with Crippen LogP contribution in [-0.2, 0) is 16.1 Å². The van der Waals surface area contributed by atoms with Crippen LogP contribution >= 0.6 is 0 Å². The zero-order chi connectivity index (χ0) is 18.4. The highest BCUT2D eigenvalue weighted by Crippen LogP contribution is 2.23. The van der Waals surface area contributed by atoms with Gasteiger partial charge in [-0.15, -0.1) is 0 Å². The molecule has 1 fully saturated rings. The summed E-state index contributed by atoms with van der Waals surface area (Å²) < 4.78 is 5.42. The second-order valence-electron chi connectivity index (χ2n) is 6.27. The maximum atomic E-state index is 12.5. The Labute approximate surface area is 153 Å². The molecule has 0 aliphatic carbocycles. The van der Waals surface area contributed by atoms with Crippen molar-refractivity contribution < 1.29 is 14.3 Å². The predicted octanol–water partition coefficient (Wildman–Crippen LogP) is 3.24. The van der Waals surface area contributed by atoms with Crippen LogP contribution in [-0.4, -0.2) is 29.9 Å². The first kappa shape index (κ1) is 17.7. The highest BCUT2D eigenvalue weighted by Gasteiger charge is 2.34. The Morgan fingerprint density at radius 2 is 1.92 bits per heavy atom. The minimum atomic E-state index is -0.331. The molecule has 1 aliphatic rings. The Kier molecular flexibility index (Phi) is 5.69. The summed E-state index contributed by atoms with van der Waals surface area (Å²) in [7, 11) is 0. The number of rotatable bonds is 7. The summed E-state index contributed by atoms with van der Waals surface area (Å²) in [6.45, 7) is 5.02. The lowest BCUT2D eigenvalue weighted by Crippen LogP contribution is -2.28. The lowest BCUT2D eigenvalue weighted by atomic mass is 10.1. The van der Waals surface area contributed by atoms with E-state index in [0.717, 1.165) is 5.56 Å².